The van der Waals surface area contributed by atoms with Crippen LogP contribution in [0.25, 0.3) is 0 Å². The van der Waals surface area contributed by atoms with Crippen LogP contribution in [0.1, 0.15) is 22.3 Å². The summed E-state index contributed by atoms with van der Waals surface area (Å²) in [6, 6.07) is 39.7. The zero-order valence-electron chi connectivity index (χ0n) is 22.5. The summed E-state index contributed by atoms with van der Waals surface area (Å²) in [5.74, 6) is 0. The number of aliphatic hydroxyl groups excluding tert-OH is 1. The average molecular weight is 541 g/mol. The van der Waals surface area contributed by atoms with Crippen molar-refractivity contribution in [3.63, 3.8) is 0 Å². The van der Waals surface area contributed by atoms with Gasteiger partial charge in [-0.3, -0.25) is 0 Å². The fraction of sp³-hybridized carbons (Fsp3) is 0.294. The van der Waals surface area contributed by atoms with Crippen LogP contribution in [0.4, 0.5) is 0 Å². The Morgan fingerprint density at radius 3 is 1.30 bits per heavy atom. The largest absolute Gasteiger partial charge is 0.374 e. The van der Waals surface area contributed by atoms with Gasteiger partial charge in [-0.25, -0.2) is 0 Å². The molecule has 1 saturated heterocycles. The third-order valence-electron chi connectivity index (χ3n) is 6.86. The van der Waals surface area contributed by atoms with E-state index in [1.165, 1.54) is 0 Å². The van der Waals surface area contributed by atoms with Crippen molar-refractivity contribution < 1.29 is 28.8 Å². The Balaban J connectivity index is 1.36. The van der Waals surface area contributed by atoms with E-state index in [4.69, 9.17) is 23.7 Å². The Bertz CT molecular complexity index is 1240. The molecule has 1 aliphatic rings. The maximum atomic E-state index is 11.2. The zero-order valence-corrected chi connectivity index (χ0v) is 22.5. The van der Waals surface area contributed by atoms with Crippen molar-refractivity contribution in [1.29, 1.82) is 0 Å². The summed E-state index contributed by atoms with van der Waals surface area (Å²) in [6.45, 7) is 1.65. The van der Waals surface area contributed by atoms with Gasteiger partial charge in [0.05, 0.1) is 33.0 Å². The van der Waals surface area contributed by atoms with Crippen LogP contribution >= 0.6 is 0 Å². The number of benzene rings is 4. The Hall–Kier alpha value is -3.36. The minimum absolute atomic E-state index is 0.224. The van der Waals surface area contributed by atoms with Crippen molar-refractivity contribution in [1.82, 2.24) is 0 Å². The van der Waals surface area contributed by atoms with E-state index < -0.39 is 30.7 Å². The molecule has 40 heavy (non-hydrogen) atoms. The third-order valence-corrected chi connectivity index (χ3v) is 6.86. The lowest BCUT2D eigenvalue weighted by atomic mass is 9.98. The van der Waals surface area contributed by atoms with Crippen molar-refractivity contribution in [2.24, 2.45) is 0 Å². The maximum Gasteiger partial charge on any atom is 0.184 e. The fourth-order valence-corrected chi connectivity index (χ4v) is 4.77. The van der Waals surface area contributed by atoms with Gasteiger partial charge in [-0.2, -0.15) is 0 Å². The van der Waals surface area contributed by atoms with Gasteiger partial charge in [0.1, 0.15) is 24.4 Å². The summed E-state index contributed by atoms with van der Waals surface area (Å²) in [5, 5.41) is 11.2. The van der Waals surface area contributed by atoms with Gasteiger partial charge < -0.3 is 28.8 Å². The second-order valence-electron chi connectivity index (χ2n) is 9.85. The van der Waals surface area contributed by atoms with Gasteiger partial charge in [-0.1, -0.05) is 121 Å². The summed E-state index contributed by atoms with van der Waals surface area (Å²) in [7, 11) is 0. The molecule has 6 heteroatoms. The van der Waals surface area contributed by atoms with Gasteiger partial charge in [0.25, 0.3) is 0 Å². The molecular weight excluding hydrogens is 504 g/mol. The molecule has 0 amide bonds. The van der Waals surface area contributed by atoms with Crippen LogP contribution in [0.5, 0.6) is 0 Å². The first-order valence-electron chi connectivity index (χ1n) is 13.7. The first kappa shape index (κ1) is 28.2. The van der Waals surface area contributed by atoms with E-state index in [1.54, 1.807) is 0 Å². The second kappa shape index (κ2) is 14.9. The van der Waals surface area contributed by atoms with E-state index in [2.05, 4.69) is 0 Å². The van der Waals surface area contributed by atoms with Gasteiger partial charge in [-0.05, 0) is 22.3 Å². The van der Waals surface area contributed by atoms with E-state index in [1.807, 2.05) is 121 Å². The van der Waals surface area contributed by atoms with E-state index in [9.17, 15) is 5.11 Å². The normalized spacial score (nSPS) is 22.7. The Morgan fingerprint density at radius 2 is 0.850 bits per heavy atom. The molecule has 0 bridgehead atoms. The summed E-state index contributed by atoms with van der Waals surface area (Å²) >= 11 is 0. The van der Waals surface area contributed by atoms with Gasteiger partial charge in [0.15, 0.2) is 6.29 Å². The van der Waals surface area contributed by atoms with Crippen LogP contribution in [0, 0.1) is 0 Å². The van der Waals surface area contributed by atoms with E-state index in [0.717, 1.165) is 22.3 Å². The third kappa shape index (κ3) is 8.08. The second-order valence-corrected chi connectivity index (χ2v) is 9.85. The van der Waals surface area contributed by atoms with Crippen molar-refractivity contribution in [2.75, 3.05) is 6.61 Å². The van der Waals surface area contributed by atoms with Crippen LogP contribution in [0.2, 0.25) is 0 Å². The van der Waals surface area contributed by atoms with Crippen molar-refractivity contribution in [2.45, 2.75) is 57.1 Å². The van der Waals surface area contributed by atoms with E-state index >= 15 is 0 Å². The molecule has 0 unspecified atom stereocenters. The topological polar surface area (TPSA) is 66.4 Å². The highest BCUT2D eigenvalue weighted by atomic mass is 16.7. The first-order valence-corrected chi connectivity index (χ1v) is 13.7. The van der Waals surface area contributed by atoms with Crippen LogP contribution < -0.4 is 0 Å². The first-order chi connectivity index (χ1) is 19.8. The molecule has 1 N–H and O–H groups in total. The lowest BCUT2D eigenvalue weighted by Gasteiger charge is -2.44. The van der Waals surface area contributed by atoms with Crippen LogP contribution in [-0.2, 0) is 50.1 Å². The highest BCUT2D eigenvalue weighted by Crippen LogP contribution is 2.30. The van der Waals surface area contributed by atoms with Crippen molar-refractivity contribution in [3.05, 3.63) is 144 Å². The predicted octanol–water partition coefficient (Wildman–Crippen LogP) is 5.68. The SMILES string of the molecule is O[C@@H]1O[C@H](COCc2ccccc2)[C@H](OCc2ccccc2)[C@@H](OCc2ccccc2)[C@H]1OCc1ccccc1. The molecule has 0 saturated carbocycles. The smallest absolute Gasteiger partial charge is 0.184 e. The van der Waals surface area contributed by atoms with Crippen LogP contribution in [0.15, 0.2) is 121 Å². The maximum absolute atomic E-state index is 11.2. The lowest BCUT2D eigenvalue weighted by Crippen LogP contribution is -2.61. The number of aliphatic hydroxyl groups is 1. The highest BCUT2D eigenvalue weighted by molar-refractivity contribution is 5.16. The number of hydrogen-bond donors (Lipinski definition) is 1. The average Bonchev–Trinajstić information content (AvgIpc) is 3.01. The molecule has 6 nitrogen and oxygen atoms in total. The summed E-state index contributed by atoms with van der Waals surface area (Å²) in [5.41, 5.74) is 4.10. The molecule has 0 aromatic heterocycles. The summed E-state index contributed by atoms with van der Waals surface area (Å²) < 4.78 is 31.4. The molecule has 208 valence electrons. The minimum Gasteiger partial charge on any atom is -0.374 e. The monoisotopic (exact) mass is 540 g/mol. The molecule has 0 spiro atoms. The molecule has 1 aliphatic heterocycles. The van der Waals surface area contributed by atoms with Gasteiger partial charge >= 0.3 is 0 Å². The highest BCUT2D eigenvalue weighted by Gasteiger charge is 2.48. The van der Waals surface area contributed by atoms with Gasteiger partial charge in [-0.15, -0.1) is 0 Å². The van der Waals surface area contributed by atoms with E-state index in [-0.39, 0.29) is 6.61 Å². The van der Waals surface area contributed by atoms with Crippen molar-refractivity contribution in [3.8, 4) is 0 Å². The predicted molar refractivity (Wildman–Crippen MR) is 152 cm³/mol. The fourth-order valence-electron chi connectivity index (χ4n) is 4.77. The lowest BCUT2D eigenvalue weighted by molar-refractivity contribution is -0.317. The summed E-state index contributed by atoms with van der Waals surface area (Å²) in [4.78, 5) is 0. The molecule has 0 aliphatic carbocycles. The standard InChI is InChI=1S/C34H36O6/c35-34-33(39-24-29-19-11-4-12-20-29)32(38-23-28-17-9-3-10-18-28)31(37-22-27-15-7-2-8-16-27)30(40-34)25-36-21-26-13-5-1-6-14-26/h1-20,30-35H,21-25H2/t30-,31+,32-,33-,34-/m1/s1. The van der Waals surface area contributed by atoms with Crippen LogP contribution in [-0.4, -0.2) is 42.4 Å². The molecule has 0 radical (unpaired) electrons. The van der Waals surface area contributed by atoms with Crippen LogP contribution in [0.3, 0.4) is 0 Å². The number of hydrogen-bond acceptors (Lipinski definition) is 6. The van der Waals surface area contributed by atoms with Crippen molar-refractivity contribution >= 4 is 0 Å². The Kier molecular flexibility index (Phi) is 10.5. The molecule has 1 heterocycles. The Labute approximate surface area is 236 Å². The van der Waals surface area contributed by atoms with Gasteiger partial charge in [0.2, 0.25) is 0 Å². The molecular formula is C34H36O6. The molecule has 1 fully saturated rings. The Morgan fingerprint density at radius 1 is 0.475 bits per heavy atom. The minimum atomic E-state index is -1.22. The number of ether oxygens (including phenoxy) is 5. The zero-order chi connectivity index (χ0) is 27.4. The van der Waals surface area contributed by atoms with E-state index in [0.29, 0.717) is 26.4 Å². The molecule has 4 aromatic carbocycles. The molecule has 5 atom stereocenters. The quantitative estimate of drug-likeness (QED) is 0.236. The van der Waals surface area contributed by atoms with Gasteiger partial charge in [0, 0.05) is 0 Å². The summed E-state index contributed by atoms with van der Waals surface area (Å²) in [6.07, 6.45) is -3.72. The molecule has 5 rings (SSSR count). The molecule has 4 aromatic rings. The number of rotatable bonds is 13.